The highest BCUT2D eigenvalue weighted by Gasteiger charge is 2.16. The van der Waals surface area contributed by atoms with Gasteiger partial charge in [0.15, 0.2) is 11.5 Å². The maximum atomic E-state index is 5.82. The number of anilines is 1. The molecule has 3 rings (SSSR count). The molecule has 1 aliphatic rings. The molecule has 0 saturated heterocycles. The molecule has 0 amide bonds. The molecular formula is C14H17N3O2. The van der Waals surface area contributed by atoms with Gasteiger partial charge in [-0.2, -0.15) is 5.10 Å². The number of rotatable bonds is 1. The molecular weight excluding hydrogens is 242 g/mol. The van der Waals surface area contributed by atoms with E-state index in [0.717, 1.165) is 34.7 Å². The average Bonchev–Trinajstić information content (AvgIpc) is 2.61. The Morgan fingerprint density at radius 3 is 2.74 bits per heavy atom. The summed E-state index contributed by atoms with van der Waals surface area (Å²) in [6.07, 6.45) is 0.903. The van der Waals surface area contributed by atoms with Crippen LogP contribution in [0.25, 0.3) is 11.3 Å². The van der Waals surface area contributed by atoms with Gasteiger partial charge >= 0.3 is 0 Å². The highest BCUT2D eigenvalue weighted by atomic mass is 16.5. The van der Waals surface area contributed by atoms with E-state index in [9.17, 15) is 0 Å². The molecule has 19 heavy (non-hydrogen) atoms. The Bertz CT molecular complexity index is 600. The van der Waals surface area contributed by atoms with Gasteiger partial charge in [-0.1, -0.05) is 0 Å². The summed E-state index contributed by atoms with van der Waals surface area (Å²) >= 11 is 0. The molecule has 0 atom stereocenters. The molecule has 2 heterocycles. The Labute approximate surface area is 111 Å². The van der Waals surface area contributed by atoms with Crippen LogP contribution in [0.4, 0.5) is 5.82 Å². The van der Waals surface area contributed by atoms with E-state index in [4.69, 9.17) is 15.2 Å². The zero-order valence-electron chi connectivity index (χ0n) is 11.1. The molecule has 1 aromatic carbocycles. The van der Waals surface area contributed by atoms with Crippen LogP contribution in [-0.2, 0) is 7.05 Å². The minimum atomic E-state index is 0.639. The van der Waals surface area contributed by atoms with Crippen LogP contribution in [0.3, 0.4) is 0 Å². The zero-order chi connectivity index (χ0) is 13.4. The molecule has 2 N–H and O–H groups in total. The number of nitrogens with zero attached hydrogens (tertiary/aromatic N) is 2. The molecule has 100 valence electrons. The summed E-state index contributed by atoms with van der Waals surface area (Å²) in [7, 11) is 1.83. The number of aromatic nitrogens is 2. The maximum Gasteiger partial charge on any atom is 0.164 e. The molecule has 5 heteroatoms. The van der Waals surface area contributed by atoms with Crippen LogP contribution < -0.4 is 15.2 Å². The third-order valence-corrected chi connectivity index (χ3v) is 3.24. The van der Waals surface area contributed by atoms with Gasteiger partial charge in [0.1, 0.15) is 5.82 Å². The third kappa shape index (κ3) is 2.12. The monoisotopic (exact) mass is 259 g/mol. The Morgan fingerprint density at radius 1 is 1.21 bits per heavy atom. The van der Waals surface area contributed by atoms with Crippen LogP contribution in [0.2, 0.25) is 0 Å². The van der Waals surface area contributed by atoms with Crippen molar-refractivity contribution in [1.29, 1.82) is 0 Å². The third-order valence-electron chi connectivity index (χ3n) is 3.24. The van der Waals surface area contributed by atoms with Crippen LogP contribution in [-0.4, -0.2) is 23.0 Å². The van der Waals surface area contributed by atoms with E-state index < -0.39 is 0 Å². The number of nitrogen functional groups attached to an aromatic ring is 1. The van der Waals surface area contributed by atoms with Gasteiger partial charge in [0, 0.05) is 25.1 Å². The second-order valence-electron chi connectivity index (χ2n) is 4.75. The standard InChI is InChI=1S/C14H17N3O2/c1-9-6-10(11-8-13(15)17(2)16-11)7-12-14(9)19-5-3-4-18-12/h6-8H,3-5,15H2,1-2H3. The first kappa shape index (κ1) is 11.9. The van der Waals surface area contributed by atoms with Crippen LogP contribution in [0.15, 0.2) is 18.2 Å². The second-order valence-corrected chi connectivity index (χ2v) is 4.75. The topological polar surface area (TPSA) is 62.3 Å². The number of hydrogen-bond donors (Lipinski definition) is 1. The lowest BCUT2D eigenvalue weighted by molar-refractivity contribution is 0.296. The Kier molecular flexibility index (Phi) is 2.81. The van der Waals surface area contributed by atoms with Crippen molar-refractivity contribution in [2.75, 3.05) is 18.9 Å². The van der Waals surface area contributed by atoms with Crippen molar-refractivity contribution in [2.24, 2.45) is 7.05 Å². The lowest BCUT2D eigenvalue weighted by Gasteiger charge is -2.11. The first-order chi connectivity index (χ1) is 9.15. The van der Waals surface area contributed by atoms with Gasteiger partial charge < -0.3 is 15.2 Å². The minimum Gasteiger partial charge on any atom is -0.490 e. The van der Waals surface area contributed by atoms with Gasteiger partial charge in [0.05, 0.1) is 18.9 Å². The van der Waals surface area contributed by atoms with Crippen LogP contribution in [0.1, 0.15) is 12.0 Å². The minimum absolute atomic E-state index is 0.639. The van der Waals surface area contributed by atoms with Crippen molar-refractivity contribution >= 4 is 5.82 Å². The highest BCUT2D eigenvalue weighted by molar-refractivity contribution is 5.68. The van der Waals surface area contributed by atoms with Gasteiger partial charge in [0.2, 0.25) is 0 Å². The van der Waals surface area contributed by atoms with Crippen molar-refractivity contribution in [1.82, 2.24) is 9.78 Å². The quantitative estimate of drug-likeness (QED) is 0.852. The molecule has 0 aliphatic carbocycles. The van der Waals surface area contributed by atoms with Crippen LogP contribution >= 0.6 is 0 Å². The molecule has 2 aromatic rings. The fraction of sp³-hybridized carbons (Fsp3) is 0.357. The summed E-state index contributed by atoms with van der Waals surface area (Å²) in [4.78, 5) is 0. The smallest absolute Gasteiger partial charge is 0.164 e. The van der Waals surface area contributed by atoms with E-state index in [-0.39, 0.29) is 0 Å². The van der Waals surface area contributed by atoms with Crippen LogP contribution in [0.5, 0.6) is 11.5 Å². The number of ether oxygens (including phenoxy) is 2. The molecule has 0 bridgehead atoms. The Hall–Kier alpha value is -2.17. The molecule has 1 aromatic heterocycles. The van der Waals surface area contributed by atoms with Crippen LogP contribution in [0, 0.1) is 6.92 Å². The van der Waals surface area contributed by atoms with Gasteiger partial charge in [-0.25, -0.2) is 0 Å². The molecule has 0 fully saturated rings. The predicted octanol–water partition coefficient (Wildman–Crippen LogP) is 2.14. The number of nitrogens with two attached hydrogens (primary N) is 1. The summed E-state index contributed by atoms with van der Waals surface area (Å²) in [5, 5.41) is 4.39. The van der Waals surface area contributed by atoms with E-state index in [2.05, 4.69) is 11.2 Å². The molecule has 5 nitrogen and oxygen atoms in total. The van der Waals surface area contributed by atoms with Gasteiger partial charge in [0.25, 0.3) is 0 Å². The summed E-state index contributed by atoms with van der Waals surface area (Å²) in [6.45, 7) is 3.40. The first-order valence-electron chi connectivity index (χ1n) is 6.35. The number of benzene rings is 1. The average molecular weight is 259 g/mol. The number of aryl methyl sites for hydroxylation is 2. The second kappa shape index (κ2) is 4.50. The van der Waals surface area contributed by atoms with Crippen molar-refractivity contribution in [3.8, 4) is 22.8 Å². The lowest BCUT2D eigenvalue weighted by Crippen LogP contribution is -1.97. The fourth-order valence-electron chi connectivity index (χ4n) is 2.22. The van der Waals surface area contributed by atoms with E-state index in [0.29, 0.717) is 19.0 Å². The molecule has 0 unspecified atom stereocenters. The number of fused-ring (bicyclic) bond motifs is 1. The molecule has 0 saturated carbocycles. The Balaban J connectivity index is 2.08. The largest absolute Gasteiger partial charge is 0.490 e. The van der Waals surface area contributed by atoms with E-state index in [1.165, 1.54) is 0 Å². The molecule has 0 radical (unpaired) electrons. The Morgan fingerprint density at radius 2 is 2.00 bits per heavy atom. The van der Waals surface area contributed by atoms with Crippen molar-refractivity contribution in [3.05, 3.63) is 23.8 Å². The van der Waals surface area contributed by atoms with Crippen molar-refractivity contribution in [3.63, 3.8) is 0 Å². The highest BCUT2D eigenvalue weighted by Crippen LogP contribution is 2.37. The van der Waals surface area contributed by atoms with Gasteiger partial charge in [-0.3, -0.25) is 4.68 Å². The fourth-order valence-corrected chi connectivity index (χ4v) is 2.22. The summed E-state index contributed by atoms with van der Waals surface area (Å²) in [6, 6.07) is 5.88. The zero-order valence-corrected chi connectivity index (χ0v) is 11.1. The van der Waals surface area contributed by atoms with Crippen molar-refractivity contribution in [2.45, 2.75) is 13.3 Å². The molecule has 0 spiro atoms. The van der Waals surface area contributed by atoms with E-state index in [1.54, 1.807) is 4.68 Å². The molecule has 1 aliphatic heterocycles. The summed E-state index contributed by atoms with van der Waals surface area (Å²) < 4.78 is 13.1. The maximum absolute atomic E-state index is 5.82. The van der Waals surface area contributed by atoms with Crippen molar-refractivity contribution < 1.29 is 9.47 Å². The first-order valence-corrected chi connectivity index (χ1v) is 6.35. The van der Waals surface area contributed by atoms with Gasteiger partial charge in [-0.15, -0.1) is 0 Å². The lowest BCUT2D eigenvalue weighted by atomic mass is 10.1. The number of hydrogen-bond acceptors (Lipinski definition) is 4. The normalized spacial score (nSPS) is 14.2. The summed E-state index contributed by atoms with van der Waals surface area (Å²) in [5.41, 5.74) is 8.72. The predicted molar refractivity (Wildman–Crippen MR) is 73.4 cm³/mol. The van der Waals surface area contributed by atoms with E-state index in [1.807, 2.05) is 26.1 Å². The SMILES string of the molecule is Cc1cc(-c2cc(N)n(C)n2)cc2c1OCCCO2. The van der Waals surface area contributed by atoms with Gasteiger partial charge in [-0.05, 0) is 24.6 Å². The summed E-state index contributed by atoms with van der Waals surface area (Å²) in [5.74, 6) is 2.27. The van der Waals surface area contributed by atoms with E-state index >= 15 is 0 Å².